The zero-order chi connectivity index (χ0) is 28.2. The molecule has 4 rings (SSSR count). The minimum atomic E-state index is -0.818. The van der Waals surface area contributed by atoms with Crippen molar-refractivity contribution >= 4 is 17.4 Å². The summed E-state index contributed by atoms with van der Waals surface area (Å²) in [6, 6.07) is 32.0. The summed E-state index contributed by atoms with van der Waals surface area (Å²) < 4.78 is 25.3. The first-order chi connectivity index (χ1) is 19.5. The van der Waals surface area contributed by atoms with Crippen molar-refractivity contribution in [1.82, 2.24) is 0 Å². The second-order valence-corrected chi connectivity index (χ2v) is 9.46. The van der Waals surface area contributed by atoms with E-state index in [0.29, 0.717) is 22.9 Å². The molecule has 0 radical (unpaired) electrons. The van der Waals surface area contributed by atoms with Crippen LogP contribution in [0.4, 0.5) is 11.4 Å². The SMILES string of the molecule is Cc1ccccc1OCC(COc1ccccc1C)(COc1ccccc1N=N)COc1ccccc1N=C=N. The molecule has 40 heavy (non-hydrogen) atoms. The number of nitrogens with zero attached hydrogens (tertiary/aromatic N) is 2. The quantitative estimate of drug-likeness (QED) is 0.126. The van der Waals surface area contributed by atoms with E-state index >= 15 is 0 Å². The highest BCUT2D eigenvalue weighted by Crippen LogP contribution is 2.33. The summed E-state index contributed by atoms with van der Waals surface area (Å²) in [6.45, 7) is 4.69. The van der Waals surface area contributed by atoms with Crippen molar-refractivity contribution < 1.29 is 18.9 Å². The van der Waals surface area contributed by atoms with Crippen LogP contribution in [-0.2, 0) is 0 Å². The highest BCUT2D eigenvalue weighted by Gasteiger charge is 2.36. The summed E-state index contributed by atoms with van der Waals surface area (Å²) in [7, 11) is 0. The van der Waals surface area contributed by atoms with Gasteiger partial charge in [0.05, 0.1) is 6.01 Å². The highest BCUT2D eigenvalue weighted by molar-refractivity contribution is 5.58. The highest BCUT2D eigenvalue weighted by atomic mass is 16.5. The van der Waals surface area contributed by atoms with E-state index < -0.39 is 5.41 Å². The molecule has 0 atom stereocenters. The van der Waals surface area contributed by atoms with Gasteiger partial charge in [0.25, 0.3) is 0 Å². The molecular weight excluding hydrogens is 504 g/mol. The van der Waals surface area contributed by atoms with Gasteiger partial charge in [0.1, 0.15) is 66.2 Å². The fraction of sp³-hybridized carbons (Fsp3) is 0.219. The van der Waals surface area contributed by atoms with Crippen LogP contribution in [0, 0.1) is 30.2 Å². The van der Waals surface area contributed by atoms with Gasteiger partial charge < -0.3 is 18.9 Å². The molecule has 0 aliphatic heterocycles. The maximum Gasteiger partial charge on any atom is 0.146 e. The van der Waals surface area contributed by atoms with Crippen LogP contribution in [-0.4, -0.2) is 32.4 Å². The van der Waals surface area contributed by atoms with E-state index in [4.69, 9.17) is 29.9 Å². The normalized spacial score (nSPS) is 10.8. The summed E-state index contributed by atoms with van der Waals surface area (Å²) in [5.74, 6) is 2.47. The van der Waals surface area contributed by atoms with E-state index in [1.54, 1.807) is 30.3 Å². The number of hydrogen-bond acceptors (Lipinski definition) is 8. The predicted octanol–water partition coefficient (Wildman–Crippen LogP) is 7.95. The average Bonchev–Trinajstić information content (AvgIpc) is 2.99. The van der Waals surface area contributed by atoms with Gasteiger partial charge in [-0.3, -0.25) is 0 Å². The Hall–Kier alpha value is -4.94. The maximum absolute atomic E-state index is 7.55. The Bertz CT molecular complexity index is 1430. The van der Waals surface area contributed by atoms with Crippen molar-refractivity contribution in [2.75, 3.05) is 26.4 Å². The van der Waals surface area contributed by atoms with Gasteiger partial charge >= 0.3 is 0 Å². The van der Waals surface area contributed by atoms with Crippen molar-refractivity contribution in [2.24, 2.45) is 15.5 Å². The van der Waals surface area contributed by atoms with Gasteiger partial charge in [-0.1, -0.05) is 60.7 Å². The van der Waals surface area contributed by atoms with Crippen molar-refractivity contribution in [1.29, 1.82) is 10.9 Å². The molecule has 0 aromatic heterocycles. The first kappa shape index (κ1) is 28.1. The second kappa shape index (κ2) is 13.7. The molecular formula is C32H32N4O4. The lowest BCUT2D eigenvalue weighted by atomic mass is 9.91. The zero-order valence-corrected chi connectivity index (χ0v) is 22.6. The molecule has 0 aliphatic rings. The number of rotatable bonds is 14. The Labute approximate surface area is 234 Å². The van der Waals surface area contributed by atoms with E-state index in [1.807, 2.05) is 80.6 Å². The summed E-state index contributed by atoms with van der Waals surface area (Å²) >= 11 is 0. The Morgan fingerprint density at radius 3 is 1.40 bits per heavy atom. The fourth-order valence-corrected chi connectivity index (χ4v) is 4.01. The van der Waals surface area contributed by atoms with Crippen molar-refractivity contribution in [2.45, 2.75) is 13.8 Å². The zero-order valence-electron chi connectivity index (χ0n) is 22.6. The van der Waals surface area contributed by atoms with E-state index in [0.717, 1.165) is 22.6 Å². The van der Waals surface area contributed by atoms with Gasteiger partial charge in [-0.2, -0.15) is 10.1 Å². The minimum absolute atomic E-state index is 0.146. The van der Waals surface area contributed by atoms with Crippen LogP contribution in [0.15, 0.2) is 107 Å². The van der Waals surface area contributed by atoms with Crippen LogP contribution in [0.3, 0.4) is 0 Å². The lowest BCUT2D eigenvalue weighted by molar-refractivity contribution is -0.00356. The number of aliphatic imine (C=N–C) groups is 1. The third-order valence-corrected chi connectivity index (χ3v) is 6.35. The second-order valence-electron chi connectivity index (χ2n) is 9.46. The van der Waals surface area contributed by atoms with Crippen LogP contribution in [0.5, 0.6) is 23.0 Å². The standard InChI is InChI=1S/C32H32N4O4/c1-24-11-3-7-15-28(24)37-19-32(20-38-29-16-8-4-12-25(29)2,22-40-31-18-10-6-14-27(31)36-34)21-39-30-17-9-5-13-26(30)35-23-33/h3-18,33-34H,19-22H2,1-2H3. The molecule has 0 heterocycles. The van der Waals surface area contributed by atoms with Crippen molar-refractivity contribution in [3.8, 4) is 23.0 Å². The van der Waals surface area contributed by atoms with E-state index in [1.165, 1.54) is 0 Å². The lowest BCUT2D eigenvalue weighted by Crippen LogP contribution is -2.45. The molecule has 4 aromatic carbocycles. The van der Waals surface area contributed by atoms with Crippen LogP contribution in [0.25, 0.3) is 0 Å². The number of benzene rings is 4. The van der Waals surface area contributed by atoms with E-state index in [-0.39, 0.29) is 26.4 Å². The third kappa shape index (κ3) is 7.34. The Kier molecular flexibility index (Phi) is 9.64. The summed E-state index contributed by atoms with van der Waals surface area (Å²) in [6.07, 6.45) is 0. The molecule has 0 saturated carbocycles. The number of hydrogen-bond donors (Lipinski definition) is 2. The topological polar surface area (TPSA) is 109 Å². The van der Waals surface area contributed by atoms with Crippen LogP contribution < -0.4 is 18.9 Å². The molecule has 0 spiro atoms. The molecule has 0 amide bonds. The third-order valence-electron chi connectivity index (χ3n) is 6.35. The Morgan fingerprint density at radius 1 is 0.575 bits per heavy atom. The number of aryl methyl sites for hydroxylation is 2. The summed E-state index contributed by atoms with van der Waals surface area (Å²) in [4.78, 5) is 4.00. The summed E-state index contributed by atoms with van der Waals surface area (Å²) in [5.41, 5.74) is 9.64. The number of ether oxygens (including phenoxy) is 4. The van der Waals surface area contributed by atoms with Crippen LogP contribution >= 0.6 is 0 Å². The molecule has 4 aromatic rings. The molecule has 8 nitrogen and oxygen atoms in total. The smallest absolute Gasteiger partial charge is 0.146 e. The van der Waals surface area contributed by atoms with Crippen LogP contribution in [0.1, 0.15) is 11.1 Å². The van der Waals surface area contributed by atoms with Gasteiger partial charge in [0.2, 0.25) is 0 Å². The van der Waals surface area contributed by atoms with Gasteiger partial charge in [0, 0.05) is 0 Å². The Balaban J connectivity index is 1.69. The van der Waals surface area contributed by atoms with Crippen molar-refractivity contribution in [3.05, 3.63) is 108 Å². The molecule has 8 heteroatoms. The van der Waals surface area contributed by atoms with E-state index in [9.17, 15) is 0 Å². The minimum Gasteiger partial charge on any atom is -0.492 e. The molecule has 0 aliphatic carbocycles. The molecule has 0 unspecified atom stereocenters. The van der Waals surface area contributed by atoms with Gasteiger partial charge in [0.15, 0.2) is 0 Å². The average molecular weight is 537 g/mol. The predicted molar refractivity (Wildman–Crippen MR) is 154 cm³/mol. The van der Waals surface area contributed by atoms with Gasteiger partial charge in [-0.15, -0.1) is 0 Å². The monoisotopic (exact) mass is 536 g/mol. The van der Waals surface area contributed by atoms with Crippen molar-refractivity contribution in [3.63, 3.8) is 0 Å². The Morgan fingerprint density at radius 2 is 0.950 bits per heavy atom. The number of nitrogens with one attached hydrogen (secondary N) is 2. The maximum atomic E-state index is 7.55. The fourth-order valence-electron chi connectivity index (χ4n) is 4.01. The first-order valence-electron chi connectivity index (χ1n) is 12.8. The molecule has 204 valence electrons. The molecule has 2 N–H and O–H groups in total. The molecule has 0 bridgehead atoms. The molecule has 0 saturated heterocycles. The lowest BCUT2D eigenvalue weighted by Gasteiger charge is -2.33. The largest absolute Gasteiger partial charge is 0.492 e. The van der Waals surface area contributed by atoms with Gasteiger partial charge in [-0.25, -0.2) is 10.9 Å². The molecule has 0 fully saturated rings. The first-order valence-corrected chi connectivity index (χ1v) is 12.8. The summed E-state index contributed by atoms with van der Waals surface area (Å²) in [5, 5.41) is 10.9. The van der Waals surface area contributed by atoms with Gasteiger partial charge in [-0.05, 0) is 61.4 Å². The number of para-hydroxylation sites is 6. The van der Waals surface area contributed by atoms with E-state index in [2.05, 4.69) is 16.1 Å². The van der Waals surface area contributed by atoms with Crippen LogP contribution in [0.2, 0.25) is 0 Å².